The number of hydrogen-bond acceptors (Lipinski definition) is 4. The second kappa shape index (κ2) is 9.53. The molecule has 0 spiro atoms. The first-order chi connectivity index (χ1) is 16.8. The highest BCUT2D eigenvalue weighted by atomic mass is 19.1. The summed E-state index contributed by atoms with van der Waals surface area (Å²) in [7, 11) is 0. The van der Waals surface area contributed by atoms with Crippen LogP contribution in [0.25, 0.3) is 11.3 Å². The SMILES string of the molecule is CC(C)(C)c1ccc(-c2cn(C[C@H]3CC4CCN3C[C@@H]4C(=O)NCc3ccc(F)cc3)nn2)cc1. The molecule has 2 bridgehead atoms. The second-order valence-corrected chi connectivity index (χ2v) is 11.0. The molecule has 3 aliphatic heterocycles. The molecule has 1 amide bonds. The van der Waals surface area contributed by atoms with Crippen molar-refractivity contribution in [3.8, 4) is 11.3 Å². The highest BCUT2D eigenvalue weighted by Gasteiger charge is 2.43. The van der Waals surface area contributed by atoms with Gasteiger partial charge in [0.1, 0.15) is 11.5 Å². The van der Waals surface area contributed by atoms with Crippen molar-refractivity contribution in [3.05, 3.63) is 71.7 Å². The van der Waals surface area contributed by atoms with Crippen molar-refractivity contribution in [2.75, 3.05) is 13.1 Å². The van der Waals surface area contributed by atoms with Gasteiger partial charge in [0, 0.05) is 24.7 Å². The maximum Gasteiger partial charge on any atom is 0.224 e. The fraction of sp³-hybridized carbons (Fsp3) is 0.464. The molecule has 3 fully saturated rings. The Labute approximate surface area is 206 Å². The normalized spacial score (nSPS) is 23.9. The number of benzene rings is 2. The van der Waals surface area contributed by atoms with Crippen LogP contribution in [0.4, 0.5) is 4.39 Å². The zero-order valence-electron chi connectivity index (χ0n) is 20.7. The summed E-state index contributed by atoms with van der Waals surface area (Å²) in [6.07, 6.45) is 4.07. The fourth-order valence-corrected chi connectivity index (χ4v) is 5.42. The van der Waals surface area contributed by atoms with Crippen LogP contribution in [0.5, 0.6) is 0 Å². The number of halogens is 1. The minimum atomic E-state index is -0.263. The van der Waals surface area contributed by atoms with Gasteiger partial charge in [0.25, 0.3) is 0 Å². The molecule has 6 nitrogen and oxygen atoms in total. The average Bonchev–Trinajstić information content (AvgIpc) is 3.32. The third-order valence-electron chi connectivity index (χ3n) is 7.58. The first kappa shape index (κ1) is 23.7. The van der Waals surface area contributed by atoms with Gasteiger partial charge in [0.05, 0.1) is 18.7 Å². The van der Waals surface area contributed by atoms with Gasteiger partial charge in [-0.25, -0.2) is 4.39 Å². The molecular formula is C28H34FN5O. The van der Waals surface area contributed by atoms with Crippen LogP contribution in [0.2, 0.25) is 0 Å². The maximum atomic E-state index is 13.1. The third kappa shape index (κ3) is 5.30. The van der Waals surface area contributed by atoms with Crippen molar-refractivity contribution in [2.24, 2.45) is 11.8 Å². The lowest BCUT2D eigenvalue weighted by Gasteiger charge is -2.49. The summed E-state index contributed by atoms with van der Waals surface area (Å²) < 4.78 is 15.1. The van der Waals surface area contributed by atoms with Gasteiger partial charge in [-0.2, -0.15) is 0 Å². The molecular weight excluding hydrogens is 441 g/mol. The van der Waals surface area contributed by atoms with E-state index in [2.05, 4.69) is 65.6 Å². The smallest absolute Gasteiger partial charge is 0.224 e. The van der Waals surface area contributed by atoms with Gasteiger partial charge in [0.2, 0.25) is 5.91 Å². The lowest BCUT2D eigenvalue weighted by molar-refractivity contribution is -0.133. The minimum Gasteiger partial charge on any atom is -0.352 e. The molecule has 0 aliphatic carbocycles. The Morgan fingerprint density at radius 2 is 1.86 bits per heavy atom. The number of nitrogens with zero attached hydrogens (tertiary/aromatic N) is 4. The Hall–Kier alpha value is -3.06. The van der Waals surface area contributed by atoms with Crippen LogP contribution < -0.4 is 5.32 Å². The maximum absolute atomic E-state index is 13.1. The average molecular weight is 476 g/mol. The highest BCUT2D eigenvalue weighted by Crippen LogP contribution is 2.37. The lowest BCUT2D eigenvalue weighted by Crippen LogP contribution is -2.57. The van der Waals surface area contributed by atoms with Crippen LogP contribution in [0.1, 0.15) is 44.7 Å². The molecule has 2 aromatic carbocycles. The summed E-state index contributed by atoms with van der Waals surface area (Å²) in [5.41, 5.74) is 4.30. The molecule has 4 heterocycles. The van der Waals surface area contributed by atoms with Crippen LogP contribution in [0.3, 0.4) is 0 Å². The van der Waals surface area contributed by atoms with E-state index in [1.54, 1.807) is 12.1 Å². The molecule has 3 aromatic rings. The van der Waals surface area contributed by atoms with E-state index in [4.69, 9.17) is 0 Å². The molecule has 0 radical (unpaired) electrons. The lowest BCUT2D eigenvalue weighted by atomic mass is 9.75. The van der Waals surface area contributed by atoms with Crippen molar-refractivity contribution in [1.82, 2.24) is 25.2 Å². The number of amides is 1. The van der Waals surface area contributed by atoms with E-state index in [-0.39, 0.29) is 23.1 Å². The summed E-state index contributed by atoms with van der Waals surface area (Å²) in [5.74, 6) is 0.227. The van der Waals surface area contributed by atoms with E-state index in [9.17, 15) is 9.18 Å². The van der Waals surface area contributed by atoms with Gasteiger partial charge in [-0.3, -0.25) is 14.4 Å². The zero-order valence-corrected chi connectivity index (χ0v) is 20.7. The number of rotatable bonds is 6. The first-order valence-corrected chi connectivity index (χ1v) is 12.5. The minimum absolute atomic E-state index is 0.00749. The number of nitrogens with one attached hydrogen (secondary N) is 1. The zero-order chi connectivity index (χ0) is 24.6. The van der Waals surface area contributed by atoms with E-state index in [0.717, 1.165) is 49.3 Å². The number of fused-ring (bicyclic) bond motifs is 3. The Bertz CT molecular complexity index is 1170. The molecule has 184 valence electrons. The first-order valence-electron chi connectivity index (χ1n) is 12.5. The monoisotopic (exact) mass is 475 g/mol. The van der Waals surface area contributed by atoms with E-state index >= 15 is 0 Å². The van der Waals surface area contributed by atoms with Crippen LogP contribution in [-0.4, -0.2) is 44.9 Å². The molecule has 3 saturated heterocycles. The number of carbonyl (C=O) groups excluding carboxylic acids is 1. The number of carbonyl (C=O) groups is 1. The van der Waals surface area contributed by atoms with Crippen molar-refractivity contribution in [3.63, 3.8) is 0 Å². The molecule has 4 atom stereocenters. The summed E-state index contributed by atoms with van der Waals surface area (Å²) in [4.78, 5) is 15.3. The van der Waals surface area contributed by atoms with E-state index in [1.165, 1.54) is 17.7 Å². The molecule has 0 saturated carbocycles. The van der Waals surface area contributed by atoms with Gasteiger partial charge in [0.15, 0.2) is 0 Å². The van der Waals surface area contributed by atoms with Crippen LogP contribution in [0.15, 0.2) is 54.7 Å². The summed E-state index contributed by atoms with van der Waals surface area (Å²) >= 11 is 0. The van der Waals surface area contributed by atoms with Crippen molar-refractivity contribution >= 4 is 5.91 Å². The number of aromatic nitrogens is 3. The Morgan fingerprint density at radius 3 is 2.51 bits per heavy atom. The van der Waals surface area contributed by atoms with Crippen molar-refractivity contribution in [2.45, 2.75) is 58.2 Å². The largest absolute Gasteiger partial charge is 0.352 e. The number of piperidine rings is 3. The van der Waals surface area contributed by atoms with E-state index in [0.29, 0.717) is 18.5 Å². The highest BCUT2D eigenvalue weighted by molar-refractivity contribution is 5.79. The van der Waals surface area contributed by atoms with Crippen molar-refractivity contribution < 1.29 is 9.18 Å². The predicted octanol–water partition coefficient (Wildman–Crippen LogP) is 4.41. The summed E-state index contributed by atoms with van der Waals surface area (Å²) in [5, 5.41) is 11.9. The van der Waals surface area contributed by atoms with E-state index < -0.39 is 0 Å². The molecule has 3 aliphatic rings. The Kier molecular flexibility index (Phi) is 6.45. The van der Waals surface area contributed by atoms with Crippen molar-refractivity contribution in [1.29, 1.82) is 0 Å². The summed E-state index contributed by atoms with van der Waals surface area (Å²) in [6.45, 7) is 9.66. The van der Waals surface area contributed by atoms with Crippen LogP contribution in [-0.2, 0) is 23.3 Å². The summed E-state index contributed by atoms with van der Waals surface area (Å²) in [6, 6.07) is 15.2. The number of hydrogen-bond donors (Lipinski definition) is 1. The van der Waals surface area contributed by atoms with Gasteiger partial charge >= 0.3 is 0 Å². The standard InChI is InChI=1S/C28H34FN5O/c1-28(2,3)22-8-6-20(7-9-22)26-18-34(32-31-26)16-24-14-21-12-13-33(24)17-25(21)27(35)30-15-19-4-10-23(29)11-5-19/h4-11,18,21,24-25H,12-17H2,1-3H3,(H,30,35)/t21?,24-,25+/m1/s1. The molecule has 1 aromatic heterocycles. The van der Waals surface area contributed by atoms with Crippen LogP contribution >= 0.6 is 0 Å². The Morgan fingerprint density at radius 1 is 1.11 bits per heavy atom. The fourth-order valence-electron chi connectivity index (χ4n) is 5.42. The third-order valence-corrected chi connectivity index (χ3v) is 7.58. The van der Waals surface area contributed by atoms with Gasteiger partial charge < -0.3 is 5.32 Å². The topological polar surface area (TPSA) is 63.1 Å². The molecule has 35 heavy (non-hydrogen) atoms. The molecule has 7 heteroatoms. The van der Waals surface area contributed by atoms with Gasteiger partial charge in [-0.15, -0.1) is 5.10 Å². The quantitative estimate of drug-likeness (QED) is 0.574. The molecule has 1 N–H and O–H groups in total. The van der Waals surface area contributed by atoms with Gasteiger partial charge in [-0.1, -0.05) is 62.4 Å². The van der Waals surface area contributed by atoms with Crippen LogP contribution in [0, 0.1) is 17.7 Å². The Balaban J connectivity index is 1.17. The molecule has 6 rings (SSSR count). The molecule has 2 unspecified atom stereocenters. The van der Waals surface area contributed by atoms with Gasteiger partial charge in [-0.05, 0) is 54.0 Å². The second-order valence-electron chi connectivity index (χ2n) is 11.0. The van der Waals surface area contributed by atoms with E-state index in [1.807, 2.05) is 10.9 Å². The predicted molar refractivity (Wildman–Crippen MR) is 134 cm³/mol.